The molecule has 0 atom stereocenters. The highest BCUT2D eigenvalue weighted by atomic mass is 16.1. The zero-order chi connectivity index (χ0) is 14.7. The van der Waals surface area contributed by atoms with Crippen molar-refractivity contribution < 1.29 is 4.79 Å². The fourth-order valence-corrected chi connectivity index (χ4v) is 3.54. The average molecular weight is 287 g/mol. The highest BCUT2D eigenvalue weighted by molar-refractivity contribution is 5.92. The van der Waals surface area contributed by atoms with Gasteiger partial charge in [-0.3, -0.25) is 4.79 Å². The predicted octanol–water partition coefficient (Wildman–Crippen LogP) is 2.89. The van der Waals surface area contributed by atoms with Gasteiger partial charge in [-0.15, -0.1) is 0 Å². The van der Waals surface area contributed by atoms with Crippen LogP contribution >= 0.6 is 0 Å². The van der Waals surface area contributed by atoms with E-state index in [9.17, 15) is 4.79 Å². The number of nitrogens with zero attached hydrogens (tertiary/aromatic N) is 1. The third kappa shape index (κ3) is 3.56. The molecule has 0 unspecified atom stereocenters. The summed E-state index contributed by atoms with van der Waals surface area (Å²) >= 11 is 0. The second kappa shape index (κ2) is 6.06. The summed E-state index contributed by atoms with van der Waals surface area (Å²) in [5.41, 5.74) is 8.08. The van der Waals surface area contributed by atoms with Crippen LogP contribution in [0, 0.1) is 0 Å². The fourth-order valence-electron chi connectivity index (χ4n) is 3.54. The van der Waals surface area contributed by atoms with Gasteiger partial charge in [-0.2, -0.15) is 0 Å². The first-order valence-electron chi connectivity index (χ1n) is 8.08. The summed E-state index contributed by atoms with van der Waals surface area (Å²) < 4.78 is 0. The van der Waals surface area contributed by atoms with Crippen molar-refractivity contribution in [2.45, 2.75) is 50.5 Å². The van der Waals surface area contributed by atoms with E-state index >= 15 is 0 Å². The Morgan fingerprint density at radius 1 is 1.19 bits per heavy atom. The van der Waals surface area contributed by atoms with Crippen LogP contribution in [0.3, 0.4) is 0 Å². The van der Waals surface area contributed by atoms with Gasteiger partial charge in [-0.25, -0.2) is 0 Å². The Bertz CT molecular complexity index is 503. The summed E-state index contributed by atoms with van der Waals surface area (Å²) in [6.45, 7) is 2.23. The van der Waals surface area contributed by atoms with Crippen molar-refractivity contribution in [3.63, 3.8) is 0 Å². The fraction of sp³-hybridized carbons (Fsp3) is 0.588. The summed E-state index contributed by atoms with van der Waals surface area (Å²) in [6, 6.07) is 8.15. The minimum atomic E-state index is -0.281. The summed E-state index contributed by atoms with van der Waals surface area (Å²) in [5.74, 6) is 0.0398. The Labute approximate surface area is 126 Å². The lowest BCUT2D eigenvalue weighted by Crippen LogP contribution is -2.40. The second-order valence-electron chi connectivity index (χ2n) is 6.54. The molecule has 1 aromatic carbocycles. The maximum Gasteiger partial charge on any atom is 0.226 e. The van der Waals surface area contributed by atoms with Gasteiger partial charge in [-0.05, 0) is 43.9 Å². The van der Waals surface area contributed by atoms with Crippen LogP contribution in [0.2, 0.25) is 0 Å². The van der Waals surface area contributed by atoms with Crippen molar-refractivity contribution in [2.75, 3.05) is 23.3 Å². The standard InChI is InChI=1S/C17H25N3O/c18-17(8-1-2-9-17)13-16(21)19-14-6-5-7-15(12-14)20-10-3-4-11-20/h5-7,12H,1-4,8-11,13,18H2,(H,19,21). The number of anilines is 2. The van der Waals surface area contributed by atoms with Crippen molar-refractivity contribution in [3.05, 3.63) is 24.3 Å². The van der Waals surface area contributed by atoms with Gasteiger partial charge in [0.1, 0.15) is 0 Å². The van der Waals surface area contributed by atoms with Crippen LogP contribution in [0.4, 0.5) is 11.4 Å². The number of rotatable bonds is 4. The minimum absolute atomic E-state index is 0.0398. The number of nitrogens with two attached hydrogens (primary N) is 1. The maximum absolute atomic E-state index is 12.2. The van der Waals surface area contributed by atoms with Crippen molar-refractivity contribution in [1.29, 1.82) is 0 Å². The van der Waals surface area contributed by atoms with Gasteiger partial charge >= 0.3 is 0 Å². The number of carbonyl (C=O) groups excluding carboxylic acids is 1. The molecule has 1 aromatic rings. The number of amides is 1. The quantitative estimate of drug-likeness (QED) is 0.895. The number of hydrogen-bond acceptors (Lipinski definition) is 3. The van der Waals surface area contributed by atoms with Gasteiger partial charge in [0.2, 0.25) is 5.91 Å². The van der Waals surface area contributed by atoms with Gasteiger partial charge < -0.3 is 16.0 Å². The lowest BCUT2D eigenvalue weighted by atomic mass is 9.94. The first-order valence-corrected chi connectivity index (χ1v) is 8.08. The van der Waals surface area contributed by atoms with Crippen molar-refractivity contribution >= 4 is 17.3 Å². The topological polar surface area (TPSA) is 58.4 Å². The van der Waals surface area contributed by atoms with Crippen LogP contribution in [0.1, 0.15) is 44.9 Å². The van der Waals surface area contributed by atoms with E-state index in [0.717, 1.165) is 44.5 Å². The molecule has 4 nitrogen and oxygen atoms in total. The maximum atomic E-state index is 12.2. The molecule has 0 radical (unpaired) electrons. The second-order valence-corrected chi connectivity index (χ2v) is 6.54. The Hall–Kier alpha value is -1.55. The summed E-state index contributed by atoms with van der Waals surface area (Å²) in [6.07, 6.45) is 7.17. The number of carbonyl (C=O) groups is 1. The number of hydrogen-bond donors (Lipinski definition) is 2. The van der Waals surface area contributed by atoms with Crippen molar-refractivity contribution in [3.8, 4) is 0 Å². The van der Waals surface area contributed by atoms with E-state index in [2.05, 4.69) is 22.3 Å². The molecular formula is C17H25N3O. The lowest BCUT2D eigenvalue weighted by molar-refractivity contribution is -0.117. The van der Waals surface area contributed by atoms with Gasteiger partial charge in [0.25, 0.3) is 0 Å². The first kappa shape index (κ1) is 14.4. The Morgan fingerprint density at radius 3 is 2.62 bits per heavy atom. The van der Waals surface area contributed by atoms with Crippen LogP contribution in [0.25, 0.3) is 0 Å². The highest BCUT2D eigenvalue weighted by Crippen LogP contribution is 2.30. The van der Waals surface area contributed by atoms with Gasteiger partial charge in [0.05, 0.1) is 0 Å². The lowest BCUT2D eigenvalue weighted by Gasteiger charge is -2.23. The molecule has 1 saturated carbocycles. The molecule has 0 aromatic heterocycles. The van der Waals surface area contributed by atoms with Crippen LogP contribution in [-0.2, 0) is 4.79 Å². The number of nitrogens with one attached hydrogen (secondary N) is 1. The molecular weight excluding hydrogens is 262 g/mol. The van der Waals surface area contributed by atoms with E-state index in [0.29, 0.717) is 6.42 Å². The molecule has 1 amide bonds. The van der Waals surface area contributed by atoms with E-state index in [-0.39, 0.29) is 11.4 Å². The van der Waals surface area contributed by atoms with Gasteiger partial charge in [-0.1, -0.05) is 18.9 Å². The molecule has 1 aliphatic carbocycles. The summed E-state index contributed by atoms with van der Waals surface area (Å²) in [5, 5.41) is 3.01. The van der Waals surface area contributed by atoms with E-state index < -0.39 is 0 Å². The largest absolute Gasteiger partial charge is 0.371 e. The molecule has 4 heteroatoms. The SMILES string of the molecule is NC1(CC(=O)Nc2cccc(N3CCCC3)c2)CCCC1. The predicted molar refractivity (Wildman–Crippen MR) is 86.5 cm³/mol. The van der Waals surface area contributed by atoms with Gasteiger partial charge in [0.15, 0.2) is 0 Å². The molecule has 1 heterocycles. The summed E-state index contributed by atoms with van der Waals surface area (Å²) in [7, 11) is 0. The molecule has 0 bridgehead atoms. The van der Waals surface area contributed by atoms with E-state index in [1.54, 1.807) is 0 Å². The molecule has 1 saturated heterocycles. The Kier molecular flexibility index (Phi) is 4.15. The third-order valence-corrected chi connectivity index (χ3v) is 4.71. The van der Waals surface area contributed by atoms with Crippen LogP contribution in [-0.4, -0.2) is 24.5 Å². The van der Waals surface area contributed by atoms with Crippen molar-refractivity contribution in [1.82, 2.24) is 0 Å². The minimum Gasteiger partial charge on any atom is -0.371 e. The normalized spacial score (nSPS) is 20.7. The van der Waals surface area contributed by atoms with Gasteiger partial charge in [0, 0.05) is 36.4 Å². The molecule has 2 fully saturated rings. The van der Waals surface area contributed by atoms with Crippen LogP contribution < -0.4 is 16.0 Å². The first-order chi connectivity index (χ1) is 10.1. The molecule has 3 rings (SSSR count). The molecule has 3 N–H and O–H groups in total. The monoisotopic (exact) mass is 287 g/mol. The van der Waals surface area contributed by atoms with Crippen molar-refractivity contribution in [2.24, 2.45) is 5.73 Å². The Balaban J connectivity index is 1.61. The summed E-state index contributed by atoms with van der Waals surface area (Å²) in [4.78, 5) is 14.6. The highest BCUT2D eigenvalue weighted by Gasteiger charge is 2.31. The zero-order valence-electron chi connectivity index (χ0n) is 12.6. The van der Waals surface area contributed by atoms with Crippen LogP contribution in [0.15, 0.2) is 24.3 Å². The third-order valence-electron chi connectivity index (χ3n) is 4.71. The zero-order valence-corrected chi connectivity index (χ0v) is 12.6. The van der Waals surface area contributed by atoms with E-state index in [4.69, 9.17) is 5.73 Å². The molecule has 0 spiro atoms. The van der Waals surface area contributed by atoms with E-state index in [1.165, 1.54) is 18.5 Å². The molecule has 114 valence electrons. The van der Waals surface area contributed by atoms with Crippen LogP contribution in [0.5, 0.6) is 0 Å². The molecule has 21 heavy (non-hydrogen) atoms. The molecule has 2 aliphatic rings. The molecule has 1 aliphatic heterocycles. The Morgan fingerprint density at radius 2 is 1.90 bits per heavy atom. The number of benzene rings is 1. The average Bonchev–Trinajstić information content (AvgIpc) is 3.10. The smallest absolute Gasteiger partial charge is 0.226 e. The van der Waals surface area contributed by atoms with E-state index in [1.807, 2.05) is 12.1 Å².